The topological polar surface area (TPSA) is 355 Å². The fraction of sp³-hybridized carbons (Fsp3) is 0.564. The number of phenols is 1. The maximum atomic E-state index is 14.5. The van der Waals surface area contributed by atoms with E-state index in [-0.39, 0.29) is 27.2 Å². The number of benzene rings is 1. The molecule has 1 aromatic carbocycles. The molecule has 0 aliphatic carbocycles. The number of aliphatic hydroxyl groups excluding tert-OH is 2. The summed E-state index contributed by atoms with van der Waals surface area (Å²) in [6, 6.07) is -5.86. The van der Waals surface area contributed by atoms with Crippen molar-refractivity contribution in [2.75, 3.05) is 25.4 Å². The van der Waals surface area contributed by atoms with Crippen LogP contribution in [0.2, 0.25) is 0 Å². The number of carboxylic acids is 1. The van der Waals surface area contributed by atoms with Crippen molar-refractivity contribution in [1.29, 1.82) is 0 Å². The molecule has 344 valence electrons. The van der Waals surface area contributed by atoms with Crippen molar-refractivity contribution < 1.29 is 67.8 Å². The van der Waals surface area contributed by atoms with Crippen LogP contribution in [0.15, 0.2) is 23.2 Å². The van der Waals surface area contributed by atoms with Gasteiger partial charge in [0.25, 0.3) is 0 Å². The van der Waals surface area contributed by atoms with Crippen molar-refractivity contribution in [3.8, 4) is 5.75 Å². The van der Waals surface area contributed by atoms with Crippen LogP contribution in [0.5, 0.6) is 5.75 Å². The summed E-state index contributed by atoms with van der Waals surface area (Å²) in [7, 11) is -2.38. The molecule has 12 N–H and O–H groups in total. The lowest BCUT2D eigenvalue weighted by molar-refractivity contribution is -0.146. The first-order valence-electron chi connectivity index (χ1n) is 20.3. The number of carbonyl (C=O) groups is 9. The SMILES string of the molecule is CC[C@H](C)[C@@H]1NC(=O)CNC(=O)[C@@H]2Cc3c([nH]c4cc(O)ccc34)S(=O)C[C@H](NC(=O)CNC1=O)C(=O)NC(CC(=O)O)C(=O)N1C[C@H](O)C[C@H]1C(=O)N[C@@H]([C@@H](C)[C@H](C)O)C(=O)N2. The van der Waals surface area contributed by atoms with Gasteiger partial charge in [0.1, 0.15) is 47.0 Å². The van der Waals surface area contributed by atoms with Crippen LogP contribution in [0.1, 0.15) is 52.5 Å². The van der Waals surface area contributed by atoms with Crippen molar-refractivity contribution in [3.63, 3.8) is 0 Å². The molecule has 0 saturated carbocycles. The summed E-state index contributed by atoms with van der Waals surface area (Å²) in [6.45, 7) is 4.12. The fourth-order valence-corrected chi connectivity index (χ4v) is 8.96. The van der Waals surface area contributed by atoms with Crippen molar-refractivity contribution >= 4 is 74.9 Å². The highest BCUT2D eigenvalue weighted by molar-refractivity contribution is 7.85. The largest absolute Gasteiger partial charge is 0.508 e. The summed E-state index contributed by atoms with van der Waals surface area (Å²) in [5, 5.41) is 58.7. The second-order valence-corrected chi connectivity index (χ2v) is 17.5. The molecule has 23 nitrogen and oxygen atoms in total. The van der Waals surface area contributed by atoms with Gasteiger partial charge in [0.05, 0.1) is 53.8 Å². The number of nitrogens with zero attached hydrogens (tertiary/aromatic N) is 1. The number of phenolic OH excluding ortho intramolecular Hbond substituents is 1. The number of amides is 8. The van der Waals surface area contributed by atoms with Crippen LogP contribution in [-0.4, -0.2) is 162 Å². The van der Waals surface area contributed by atoms with Gasteiger partial charge in [0.2, 0.25) is 47.3 Å². The van der Waals surface area contributed by atoms with E-state index >= 15 is 0 Å². The molecule has 0 radical (unpaired) electrons. The van der Waals surface area contributed by atoms with E-state index in [4.69, 9.17) is 0 Å². The molecule has 2 aromatic rings. The van der Waals surface area contributed by atoms with Gasteiger partial charge in [0.15, 0.2) is 0 Å². The molecule has 1 aromatic heterocycles. The number of carbonyl (C=O) groups excluding carboxylic acids is 8. The average Bonchev–Trinajstić information content (AvgIpc) is 3.80. The number of aromatic nitrogens is 1. The first kappa shape index (κ1) is 47.9. The summed E-state index contributed by atoms with van der Waals surface area (Å²) >= 11 is 0. The van der Waals surface area contributed by atoms with E-state index in [2.05, 4.69) is 42.2 Å². The lowest BCUT2D eigenvalue weighted by Crippen LogP contribution is -2.62. The molecular formula is C39H53N9O14S. The Morgan fingerprint density at radius 1 is 0.841 bits per heavy atom. The van der Waals surface area contributed by atoms with Crippen LogP contribution >= 0.6 is 0 Å². The van der Waals surface area contributed by atoms with Crippen LogP contribution < -0.4 is 37.2 Å². The number of carboxylic acid groups (broad SMARTS) is 1. The maximum absolute atomic E-state index is 14.5. The van der Waals surface area contributed by atoms with Crippen LogP contribution in [-0.2, 0) is 60.4 Å². The molecule has 24 heteroatoms. The average molecular weight is 904 g/mol. The Kier molecular flexibility index (Phi) is 15.5. The number of aliphatic hydroxyl groups is 2. The molecule has 3 aliphatic rings. The molecule has 4 heterocycles. The Morgan fingerprint density at radius 3 is 2.16 bits per heavy atom. The minimum atomic E-state index is -2.38. The Hall–Kier alpha value is -6.14. The van der Waals surface area contributed by atoms with E-state index in [1.54, 1.807) is 13.8 Å². The van der Waals surface area contributed by atoms with Crippen molar-refractivity contribution in [1.82, 2.24) is 47.1 Å². The van der Waals surface area contributed by atoms with Crippen LogP contribution in [0, 0.1) is 11.8 Å². The lowest BCUT2D eigenvalue weighted by Gasteiger charge is -2.32. The zero-order chi connectivity index (χ0) is 46.4. The fourth-order valence-electron chi connectivity index (χ4n) is 7.56. The van der Waals surface area contributed by atoms with Crippen LogP contribution in [0.3, 0.4) is 0 Å². The number of rotatable bonds is 6. The van der Waals surface area contributed by atoms with Gasteiger partial charge < -0.3 is 67.5 Å². The Morgan fingerprint density at radius 2 is 1.51 bits per heavy atom. The van der Waals surface area contributed by atoms with Crippen molar-refractivity contribution in [2.45, 2.75) is 107 Å². The summed E-state index contributed by atoms with van der Waals surface area (Å²) in [5.41, 5.74) is 0.283. The molecule has 0 spiro atoms. The molecular weight excluding hydrogens is 851 g/mol. The standard InChI is InChI=1S/C39H53N9O14S/c1-5-16(2)31-36(59)41-12-28(52)42-26-15-63(62)38-22(21-7-6-19(50)8-23(21)45-38)10-24(33(56)40-13-29(53)46-31)43-37(60)32(17(3)18(4)49)47-35(58)27-9-20(51)14-48(27)39(61)25(11-30(54)55)44-34(26)57/h6-8,16-18,20,24-27,31-32,45,49-51H,5,9-15H2,1-4H3,(H,40,56)(H,41,59)(H,42,52)(H,43,60)(H,44,57)(H,46,53)(H,47,58)(H,54,55)/t16-,17-,18-,20+,24-,25?,26-,27-,31-,32-,63?/m0/s1. The Bertz CT molecular complexity index is 2180. The number of aromatic hydroxyl groups is 1. The number of H-pyrrole nitrogens is 1. The molecule has 2 bridgehead atoms. The summed E-state index contributed by atoms with van der Waals surface area (Å²) in [4.78, 5) is 127. The Balaban J connectivity index is 1.73. The van der Waals surface area contributed by atoms with Gasteiger partial charge in [-0.1, -0.05) is 27.2 Å². The molecule has 5 rings (SSSR count). The minimum absolute atomic E-state index is 0.101. The third kappa shape index (κ3) is 11.5. The van der Waals surface area contributed by atoms with Crippen LogP contribution in [0.25, 0.3) is 10.9 Å². The predicted molar refractivity (Wildman–Crippen MR) is 219 cm³/mol. The summed E-state index contributed by atoms with van der Waals surface area (Å²) in [6.07, 6.45) is -4.17. The highest BCUT2D eigenvalue weighted by atomic mass is 32.2. The highest BCUT2D eigenvalue weighted by Crippen LogP contribution is 2.30. The quantitative estimate of drug-likeness (QED) is 0.131. The summed E-state index contributed by atoms with van der Waals surface area (Å²) in [5.74, 6) is -12.2. The zero-order valence-corrected chi connectivity index (χ0v) is 35.7. The molecule has 2 unspecified atom stereocenters. The van der Waals surface area contributed by atoms with E-state index < -0.39 is 169 Å². The number of hydrogen-bond acceptors (Lipinski definition) is 13. The first-order chi connectivity index (χ1) is 29.7. The molecule has 3 aliphatic heterocycles. The van der Waals surface area contributed by atoms with Crippen LogP contribution in [0.4, 0.5) is 0 Å². The monoisotopic (exact) mass is 903 g/mol. The number of fused-ring (bicyclic) bond motifs is 5. The van der Waals surface area contributed by atoms with E-state index in [9.17, 15) is 67.8 Å². The van der Waals surface area contributed by atoms with E-state index in [1.165, 1.54) is 32.0 Å². The second-order valence-electron chi connectivity index (χ2n) is 16.1. The minimum Gasteiger partial charge on any atom is -0.508 e. The van der Waals surface area contributed by atoms with Gasteiger partial charge in [-0.25, -0.2) is 0 Å². The van der Waals surface area contributed by atoms with E-state index in [1.807, 2.05) is 0 Å². The zero-order valence-electron chi connectivity index (χ0n) is 34.9. The van der Waals surface area contributed by atoms with Crippen molar-refractivity contribution in [2.24, 2.45) is 11.8 Å². The summed E-state index contributed by atoms with van der Waals surface area (Å²) < 4.78 is 14.5. The van der Waals surface area contributed by atoms with Gasteiger partial charge in [-0.15, -0.1) is 0 Å². The molecule has 1 saturated heterocycles. The maximum Gasteiger partial charge on any atom is 0.305 e. The van der Waals surface area contributed by atoms with Gasteiger partial charge >= 0.3 is 5.97 Å². The van der Waals surface area contributed by atoms with Crippen molar-refractivity contribution in [3.05, 3.63) is 23.8 Å². The number of hydrogen-bond donors (Lipinski definition) is 12. The first-order valence-corrected chi connectivity index (χ1v) is 21.7. The van der Waals surface area contributed by atoms with Gasteiger partial charge in [-0.3, -0.25) is 47.4 Å². The normalized spacial score (nSPS) is 28.8. The molecule has 63 heavy (non-hydrogen) atoms. The third-order valence-electron chi connectivity index (χ3n) is 11.5. The molecule has 8 amide bonds. The third-order valence-corrected chi connectivity index (χ3v) is 12.9. The number of nitrogens with one attached hydrogen (secondary N) is 8. The second kappa shape index (κ2) is 20.4. The highest BCUT2D eigenvalue weighted by Gasteiger charge is 2.45. The number of aromatic amines is 1. The number of aliphatic carboxylic acids is 1. The van der Waals surface area contributed by atoms with Gasteiger partial charge in [-0.2, -0.15) is 0 Å². The lowest BCUT2D eigenvalue weighted by atomic mass is 9.94. The molecule has 1 fully saturated rings. The Labute approximate surface area is 362 Å². The van der Waals surface area contributed by atoms with Gasteiger partial charge in [0, 0.05) is 36.8 Å². The molecule has 11 atom stereocenters. The smallest absolute Gasteiger partial charge is 0.305 e. The van der Waals surface area contributed by atoms with E-state index in [0.29, 0.717) is 6.42 Å². The predicted octanol–water partition coefficient (Wildman–Crippen LogP) is -4.29. The van der Waals surface area contributed by atoms with E-state index in [0.717, 1.165) is 4.90 Å². The van der Waals surface area contributed by atoms with Gasteiger partial charge in [-0.05, 0) is 30.5 Å².